The zero-order valence-electron chi connectivity index (χ0n) is 17.9. The van der Waals surface area contributed by atoms with Crippen LogP contribution in [0.1, 0.15) is 11.1 Å². The lowest BCUT2D eigenvalue weighted by Crippen LogP contribution is -2.64. The molecule has 2 aromatic rings. The largest absolute Gasteiger partial charge is 0.497 e. The fourth-order valence-electron chi connectivity index (χ4n) is 4.47. The Bertz CT molecular complexity index is 1050. The number of anilines is 1. The molecule has 2 aromatic carbocycles. The van der Waals surface area contributed by atoms with Gasteiger partial charge >= 0.3 is 6.03 Å². The number of methoxy groups -OCH3 is 1. The SMILES string of the molecule is COc1ccc(N2CCN3C2=NC2C3C(=O)N(Cc3ccc(C)cc3)C(=O)N2C)cc1. The number of hydrogen-bond donors (Lipinski definition) is 0. The lowest BCUT2D eigenvalue weighted by molar-refractivity contribution is -0.137. The van der Waals surface area contributed by atoms with Crippen LogP contribution in [0.15, 0.2) is 53.5 Å². The van der Waals surface area contributed by atoms with Crippen LogP contribution in [0, 0.1) is 6.92 Å². The third-order valence-electron chi connectivity index (χ3n) is 6.22. The summed E-state index contributed by atoms with van der Waals surface area (Å²) in [6.45, 7) is 3.69. The normalized spacial score (nSPS) is 22.6. The van der Waals surface area contributed by atoms with Crippen molar-refractivity contribution in [3.63, 3.8) is 0 Å². The Hall–Kier alpha value is -3.55. The Morgan fingerprint density at radius 2 is 1.74 bits per heavy atom. The van der Waals surface area contributed by atoms with Gasteiger partial charge in [-0.15, -0.1) is 0 Å². The van der Waals surface area contributed by atoms with E-state index in [-0.39, 0.29) is 18.5 Å². The zero-order chi connectivity index (χ0) is 21.7. The number of nitrogens with zero attached hydrogens (tertiary/aromatic N) is 5. The second-order valence-corrected chi connectivity index (χ2v) is 8.13. The molecule has 31 heavy (non-hydrogen) atoms. The van der Waals surface area contributed by atoms with E-state index >= 15 is 0 Å². The molecule has 0 aromatic heterocycles. The molecule has 2 fully saturated rings. The molecule has 2 unspecified atom stereocenters. The van der Waals surface area contributed by atoms with Crippen molar-refractivity contribution in [2.75, 3.05) is 32.1 Å². The number of hydrogen-bond acceptors (Lipinski definition) is 6. The Morgan fingerprint density at radius 1 is 1.03 bits per heavy atom. The molecule has 3 amide bonds. The summed E-state index contributed by atoms with van der Waals surface area (Å²) in [6.07, 6.45) is -0.509. The van der Waals surface area contributed by atoms with Crippen LogP contribution in [-0.2, 0) is 11.3 Å². The maximum absolute atomic E-state index is 13.4. The van der Waals surface area contributed by atoms with Crippen LogP contribution in [0.3, 0.4) is 0 Å². The van der Waals surface area contributed by atoms with Crippen LogP contribution in [0.2, 0.25) is 0 Å². The van der Waals surface area contributed by atoms with Gasteiger partial charge in [-0.25, -0.2) is 9.79 Å². The summed E-state index contributed by atoms with van der Waals surface area (Å²) in [7, 11) is 3.36. The maximum Gasteiger partial charge on any atom is 0.328 e. The van der Waals surface area contributed by atoms with Gasteiger partial charge in [0.15, 0.2) is 12.2 Å². The molecule has 0 aliphatic carbocycles. The molecule has 3 aliphatic heterocycles. The second-order valence-electron chi connectivity index (χ2n) is 8.13. The van der Waals surface area contributed by atoms with Gasteiger partial charge < -0.3 is 19.4 Å². The van der Waals surface area contributed by atoms with Crippen molar-refractivity contribution in [1.29, 1.82) is 0 Å². The summed E-state index contributed by atoms with van der Waals surface area (Å²) < 4.78 is 5.25. The number of fused-ring (bicyclic) bond motifs is 3. The Kier molecular flexibility index (Phi) is 4.57. The fraction of sp³-hybridized carbons (Fsp3) is 0.348. The monoisotopic (exact) mass is 419 g/mol. The van der Waals surface area contributed by atoms with Crippen molar-refractivity contribution in [3.8, 4) is 5.75 Å². The molecule has 5 rings (SSSR count). The van der Waals surface area contributed by atoms with Crippen molar-refractivity contribution in [2.45, 2.75) is 25.7 Å². The highest BCUT2D eigenvalue weighted by Gasteiger charge is 2.54. The minimum Gasteiger partial charge on any atom is -0.497 e. The Balaban J connectivity index is 1.41. The van der Waals surface area contributed by atoms with Crippen molar-refractivity contribution in [2.24, 2.45) is 4.99 Å². The average molecular weight is 419 g/mol. The number of benzene rings is 2. The Labute approximate surface area is 181 Å². The van der Waals surface area contributed by atoms with Gasteiger partial charge in [-0.1, -0.05) is 29.8 Å². The first-order valence-electron chi connectivity index (χ1n) is 10.4. The van der Waals surface area contributed by atoms with Crippen molar-refractivity contribution in [3.05, 3.63) is 59.7 Å². The summed E-state index contributed by atoms with van der Waals surface area (Å²) in [6, 6.07) is 14.9. The number of imide groups is 1. The Morgan fingerprint density at radius 3 is 2.42 bits per heavy atom. The number of carbonyl (C=O) groups is 2. The number of rotatable bonds is 4. The number of carbonyl (C=O) groups excluding carboxylic acids is 2. The first-order chi connectivity index (χ1) is 15.0. The highest BCUT2D eigenvalue weighted by Crippen LogP contribution is 2.34. The molecule has 160 valence electrons. The minimum absolute atomic E-state index is 0.191. The van der Waals surface area contributed by atoms with E-state index in [0.29, 0.717) is 6.54 Å². The first kappa shape index (κ1) is 19.4. The quantitative estimate of drug-likeness (QED) is 0.761. The summed E-state index contributed by atoms with van der Waals surface area (Å²) in [4.78, 5) is 38.3. The van der Waals surface area contributed by atoms with Gasteiger partial charge in [0.1, 0.15) is 5.75 Å². The molecule has 8 heteroatoms. The third kappa shape index (κ3) is 3.10. The maximum atomic E-state index is 13.4. The molecule has 3 heterocycles. The van der Waals surface area contributed by atoms with Crippen LogP contribution < -0.4 is 9.64 Å². The van der Waals surface area contributed by atoms with E-state index in [0.717, 1.165) is 35.1 Å². The van der Waals surface area contributed by atoms with Gasteiger partial charge in [-0.05, 0) is 36.8 Å². The van der Waals surface area contributed by atoms with Gasteiger partial charge in [0.2, 0.25) is 5.96 Å². The predicted molar refractivity (Wildman–Crippen MR) is 117 cm³/mol. The number of amides is 3. The molecule has 0 bridgehead atoms. The lowest BCUT2D eigenvalue weighted by atomic mass is 10.1. The number of ether oxygens (including phenoxy) is 1. The third-order valence-corrected chi connectivity index (χ3v) is 6.22. The summed E-state index contributed by atoms with van der Waals surface area (Å²) in [5.41, 5.74) is 3.06. The van der Waals surface area contributed by atoms with Crippen LogP contribution in [-0.4, -0.2) is 72.1 Å². The number of likely N-dealkylation sites (N-methyl/N-ethyl adjacent to an activating group) is 1. The van der Waals surface area contributed by atoms with E-state index in [1.54, 1.807) is 19.1 Å². The second kappa shape index (κ2) is 7.30. The molecule has 0 spiro atoms. The van der Waals surface area contributed by atoms with Crippen LogP contribution >= 0.6 is 0 Å². The van der Waals surface area contributed by atoms with Gasteiger partial charge in [-0.2, -0.15) is 0 Å². The number of aryl methyl sites for hydroxylation is 1. The van der Waals surface area contributed by atoms with Crippen LogP contribution in [0.5, 0.6) is 5.75 Å². The van der Waals surface area contributed by atoms with Crippen LogP contribution in [0.25, 0.3) is 0 Å². The molecule has 3 aliphatic rings. The van der Waals surface area contributed by atoms with E-state index in [2.05, 4.69) is 4.90 Å². The van der Waals surface area contributed by atoms with Gasteiger partial charge in [-0.3, -0.25) is 9.69 Å². The van der Waals surface area contributed by atoms with Crippen molar-refractivity contribution in [1.82, 2.24) is 14.7 Å². The highest BCUT2D eigenvalue weighted by atomic mass is 16.5. The molecule has 2 saturated heterocycles. The van der Waals surface area contributed by atoms with Crippen molar-refractivity contribution >= 4 is 23.6 Å². The number of aliphatic imine (C=N–C) groups is 1. The van der Waals surface area contributed by atoms with E-state index in [1.807, 2.05) is 60.4 Å². The van der Waals surface area contributed by atoms with Crippen molar-refractivity contribution < 1.29 is 14.3 Å². The smallest absolute Gasteiger partial charge is 0.328 e. The van der Waals surface area contributed by atoms with Gasteiger partial charge in [0.05, 0.1) is 13.7 Å². The molecule has 2 atom stereocenters. The van der Waals surface area contributed by atoms with Crippen LogP contribution in [0.4, 0.5) is 10.5 Å². The number of urea groups is 1. The standard InChI is InChI=1S/C23H25N5O3/c1-15-4-6-16(7-5-15)14-28-21(29)19-20(25(2)23(28)30)24-22-26(12-13-27(19)22)17-8-10-18(31-3)11-9-17/h4-11,19-20H,12-14H2,1-3H3. The first-order valence-corrected chi connectivity index (χ1v) is 10.4. The molecule has 0 radical (unpaired) electrons. The summed E-state index contributed by atoms with van der Waals surface area (Å²) >= 11 is 0. The molecule has 0 saturated carbocycles. The van der Waals surface area contributed by atoms with Gasteiger partial charge in [0.25, 0.3) is 5.91 Å². The molecular weight excluding hydrogens is 394 g/mol. The predicted octanol–water partition coefficient (Wildman–Crippen LogP) is 2.28. The van der Waals surface area contributed by atoms with E-state index < -0.39 is 12.2 Å². The highest BCUT2D eigenvalue weighted by molar-refractivity contribution is 6.07. The van der Waals surface area contributed by atoms with E-state index in [1.165, 1.54) is 4.90 Å². The summed E-state index contributed by atoms with van der Waals surface area (Å²) in [5.74, 6) is 1.34. The van der Waals surface area contributed by atoms with E-state index in [9.17, 15) is 9.59 Å². The topological polar surface area (TPSA) is 68.7 Å². The zero-order valence-corrected chi connectivity index (χ0v) is 17.9. The van der Waals surface area contributed by atoms with E-state index in [4.69, 9.17) is 9.73 Å². The minimum atomic E-state index is -0.509. The van der Waals surface area contributed by atoms with Gasteiger partial charge in [0, 0.05) is 25.8 Å². The molecule has 8 nitrogen and oxygen atoms in total. The average Bonchev–Trinajstić information content (AvgIpc) is 3.36. The summed E-state index contributed by atoms with van der Waals surface area (Å²) in [5, 5.41) is 0. The molecule has 0 N–H and O–H groups in total. The fourth-order valence-corrected chi connectivity index (χ4v) is 4.47. The lowest BCUT2D eigenvalue weighted by Gasteiger charge is -2.40. The molecular formula is C23H25N5O3. The number of guanidine groups is 1.